The molecule has 0 fully saturated rings. The van der Waals surface area contributed by atoms with E-state index in [1.165, 1.54) is 12.1 Å². The Morgan fingerprint density at radius 2 is 1.73 bits per heavy atom. The Bertz CT molecular complexity index is 853. The maximum absolute atomic E-state index is 13.7. The van der Waals surface area contributed by atoms with Gasteiger partial charge in [-0.3, -0.25) is 4.79 Å². The number of hydrogen-bond acceptors (Lipinski definition) is 4. The quantitative estimate of drug-likeness (QED) is 0.829. The van der Waals surface area contributed by atoms with Crippen LogP contribution in [0.4, 0.5) is 13.2 Å². The van der Waals surface area contributed by atoms with Crippen LogP contribution >= 0.6 is 0 Å². The second kappa shape index (κ2) is 8.16. The van der Waals surface area contributed by atoms with Crippen LogP contribution < -0.4 is 5.32 Å². The van der Waals surface area contributed by atoms with Gasteiger partial charge in [0.15, 0.2) is 0 Å². The van der Waals surface area contributed by atoms with E-state index in [9.17, 15) is 22.8 Å². The minimum absolute atomic E-state index is 0.0332. The Labute approximate surface area is 147 Å². The van der Waals surface area contributed by atoms with Crippen LogP contribution in [0, 0.1) is 28.8 Å². The molecular formula is C18H13F3N2O3. The molecule has 2 aromatic carbocycles. The summed E-state index contributed by atoms with van der Waals surface area (Å²) in [6, 6.07) is 7.61. The van der Waals surface area contributed by atoms with Gasteiger partial charge >= 0.3 is 5.97 Å². The minimum atomic E-state index is -1.39. The second-order valence-corrected chi connectivity index (χ2v) is 5.31. The number of esters is 1. The van der Waals surface area contributed by atoms with Gasteiger partial charge in [-0.25, -0.2) is 18.0 Å². The number of methoxy groups -OCH3 is 1. The van der Waals surface area contributed by atoms with Crippen molar-refractivity contribution >= 4 is 11.9 Å². The summed E-state index contributed by atoms with van der Waals surface area (Å²) in [5, 5.41) is 11.0. The zero-order valence-corrected chi connectivity index (χ0v) is 13.6. The van der Waals surface area contributed by atoms with E-state index in [-0.39, 0.29) is 6.42 Å². The molecule has 134 valence electrons. The fourth-order valence-corrected chi connectivity index (χ4v) is 2.28. The number of amides is 1. The first-order chi connectivity index (χ1) is 12.3. The molecule has 0 aliphatic carbocycles. The van der Waals surface area contributed by atoms with Crippen LogP contribution in [-0.4, -0.2) is 25.0 Å². The highest BCUT2D eigenvalue weighted by Crippen LogP contribution is 2.15. The summed E-state index contributed by atoms with van der Waals surface area (Å²) in [4.78, 5) is 24.0. The Hall–Kier alpha value is -3.34. The Morgan fingerprint density at radius 3 is 2.23 bits per heavy atom. The number of benzene rings is 2. The highest BCUT2D eigenvalue weighted by atomic mass is 19.1. The topological polar surface area (TPSA) is 79.2 Å². The fourth-order valence-electron chi connectivity index (χ4n) is 2.28. The molecule has 0 unspecified atom stereocenters. The lowest BCUT2D eigenvalue weighted by Gasteiger charge is -2.17. The molecule has 0 aliphatic heterocycles. The maximum Gasteiger partial charge on any atom is 0.328 e. The van der Waals surface area contributed by atoms with Gasteiger partial charge in [0.2, 0.25) is 0 Å². The molecule has 0 aliphatic rings. The Balaban J connectivity index is 2.24. The van der Waals surface area contributed by atoms with E-state index in [1.54, 1.807) is 12.1 Å². The van der Waals surface area contributed by atoms with Crippen LogP contribution in [-0.2, 0) is 16.0 Å². The third kappa shape index (κ3) is 4.39. The Kier molecular flexibility index (Phi) is 5.96. The van der Waals surface area contributed by atoms with Gasteiger partial charge in [0.05, 0.1) is 18.7 Å². The molecule has 2 aromatic rings. The van der Waals surface area contributed by atoms with Crippen LogP contribution in [0.2, 0.25) is 0 Å². The number of halogens is 3. The smallest absolute Gasteiger partial charge is 0.328 e. The van der Waals surface area contributed by atoms with E-state index >= 15 is 0 Å². The van der Waals surface area contributed by atoms with Crippen molar-refractivity contribution in [1.29, 1.82) is 5.26 Å². The van der Waals surface area contributed by atoms with E-state index in [2.05, 4.69) is 10.1 Å². The highest BCUT2D eigenvalue weighted by molar-refractivity contribution is 5.97. The number of nitrogens with one attached hydrogen (secondary N) is 1. The summed E-state index contributed by atoms with van der Waals surface area (Å²) in [7, 11) is 1.10. The lowest BCUT2D eigenvalue weighted by Crippen LogP contribution is -2.43. The first kappa shape index (κ1) is 19.0. The molecule has 0 radical (unpaired) electrons. The Morgan fingerprint density at radius 1 is 1.15 bits per heavy atom. The van der Waals surface area contributed by atoms with Gasteiger partial charge in [-0.1, -0.05) is 12.1 Å². The summed E-state index contributed by atoms with van der Waals surface area (Å²) in [6.07, 6.45) is -0.0332. The molecule has 0 aromatic heterocycles. The van der Waals surface area contributed by atoms with Gasteiger partial charge in [0, 0.05) is 18.6 Å². The summed E-state index contributed by atoms with van der Waals surface area (Å²) < 4.78 is 45.0. The van der Waals surface area contributed by atoms with E-state index in [0.717, 1.165) is 7.11 Å². The average molecular weight is 362 g/mol. The molecule has 0 bridgehead atoms. The first-order valence-corrected chi connectivity index (χ1v) is 7.38. The van der Waals surface area contributed by atoms with Crippen molar-refractivity contribution in [2.45, 2.75) is 12.5 Å². The monoisotopic (exact) mass is 362 g/mol. The normalized spacial score (nSPS) is 11.3. The van der Waals surface area contributed by atoms with Crippen LogP contribution in [0.15, 0.2) is 36.4 Å². The summed E-state index contributed by atoms with van der Waals surface area (Å²) in [5.74, 6) is -5.99. The molecular weight excluding hydrogens is 349 g/mol. The van der Waals surface area contributed by atoms with Crippen LogP contribution in [0.25, 0.3) is 0 Å². The molecule has 0 heterocycles. The van der Waals surface area contributed by atoms with E-state index in [4.69, 9.17) is 5.26 Å². The van der Waals surface area contributed by atoms with Crippen molar-refractivity contribution < 1.29 is 27.5 Å². The zero-order chi connectivity index (χ0) is 19.3. The number of hydrogen-bond donors (Lipinski definition) is 1. The number of carbonyl (C=O) groups is 2. The summed E-state index contributed by atoms with van der Waals surface area (Å²) in [6.45, 7) is 0. The minimum Gasteiger partial charge on any atom is -0.467 e. The molecule has 0 spiro atoms. The van der Waals surface area contributed by atoms with Crippen LogP contribution in [0.1, 0.15) is 21.5 Å². The molecule has 1 N–H and O–H groups in total. The molecule has 0 saturated heterocycles. The number of carbonyl (C=O) groups excluding carboxylic acids is 2. The lowest BCUT2D eigenvalue weighted by atomic mass is 10.0. The van der Waals surface area contributed by atoms with Gasteiger partial charge in [-0.2, -0.15) is 5.26 Å². The number of nitrogens with zero attached hydrogens (tertiary/aromatic N) is 1. The van der Waals surface area contributed by atoms with Crippen molar-refractivity contribution in [3.8, 4) is 6.07 Å². The molecule has 8 heteroatoms. The lowest BCUT2D eigenvalue weighted by molar-refractivity contribution is -0.142. The molecule has 26 heavy (non-hydrogen) atoms. The van der Waals surface area contributed by atoms with Gasteiger partial charge in [0.25, 0.3) is 5.91 Å². The van der Waals surface area contributed by atoms with Crippen molar-refractivity contribution in [2.24, 2.45) is 0 Å². The predicted octanol–water partition coefficient (Wildman–Crippen LogP) is 2.49. The van der Waals surface area contributed by atoms with Crippen LogP contribution in [0.5, 0.6) is 0 Å². The summed E-state index contributed by atoms with van der Waals surface area (Å²) in [5.41, 5.74) is -0.0114. The highest BCUT2D eigenvalue weighted by Gasteiger charge is 2.26. The van der Waals surface area contributed by atoms with Gasteiger partial charge < -0.3 is 10.1 Å². The number of nitriles is 1. The van der Waals surface area contributed by atoms with E-state index in [1.807, 2.05) is 6.07 Å². The first-order valence-electron chi connectivity index (χ1n) is 7.38. The molecule has 2 rings (SSSR count). The van der Waals surface area contributed by atoms with Crippen molar-refractivity contribution in [3.63, 3.8) is 0 Å². The largest absolute Gasteiger partial charge is 0.467 e. The third-order valence-electron chi connectivity index (χ3n) is 3.55. The summed E-state index contributed by atoms with van der Waals surface area (Å²) >= 11 is 0. The average Bonchev–Trinajstić information content (AvgIpc) is 2.60. The van der Waals surface area contributed by atoms with E-state index < -0.39 is 40.9 Å². The molecule has 5 nitrogen and oxygen atoms in total. The van der Waals surface area contributed by atoms with Gasteiger partial charge in [-0.15, -0.1) is 0 Å². The fraction of sp³-hybridized carbons (Fsp3) is 0.167. The zero-order valence-electron chi connectivity index (χ0n) is 13.6. The number of rotatable bonds is 5. The SMILES string of the molecule is COC(=O)[C@H](Cc1ccc(C#N)cc1)NC(=O)c1c(F)cc(F)cc1F. The van der Waals surface area contributed by atoms with E-state index in [0.29, 0.717) is 23.3 Å². The van der Waals surface area contributed by atoms with Crippen molar-refractivity contribution in [3.05, 3.63) is 70.5 Å². The third-order valence-corrected chi connectivity index (χ3v) is 3.55. The predicted molar refractivity (Wildman–Crippen MR) is 84.4 cm³/mol. The maximum atomic E-state index is 13.7. The number of ether oxygens (including phenoxy) is 1. The van der Waals surface area contributed by atoms with Crippen LogP contribution in [0.3, 0.4) is 0 Å². The molecule has 0 saturated carbocycles. The molecule has 1 amide bonds. The van der Waals surface area contributed by atoms with Crippen molar-refractivity contribution in [1.82, 2.24) is 5.32 Å². The van der Waals surface area contributed by atoms with Gasteiger partial charge in [0.1, 0.15) is 29.1 Å². The van der Waals surface area contributed by atoms with Gasteiger partial charge in [-0.05, 0) is 17.7 Å². The standard InChI is InChI=1S/C18H13F3N2O3/c1-26-18(25)15(6-10-2-4-11(9-22)5-3-10)23-17(24)16-13(20)7-12(19)8-14(16)21/h2-5,7-8,15H,6H2,1H3,(H,23,24)/t15-/m0/s1. The second-order valence-electron chi connectivity index (χ2n) is 5.31. The molecule has 1 atom stereocenters. The van der Waals surface area contributed by atoms with Crippen molar-refractivity contribution in [2.75, 3.05) is 7.11 Å².